The van der Waals surface area contributed by atoms with Gasteiger partial charge < -0.3 is 54.3 Å². The molecule has 0 atom stereocenters. The summed E-state index contributed by atoms with van der Waals surface area (Å²) in [6.07, 6.45) is -0.667. The number of aliphatic hydroxyl groups is 4. The van der Waals surface area contributed by atoms with Gasteiger partial charge in [0.2, 0.25) is 0 Å². The Kier molecular flexibility index (Phi) is 84.1. The van der Waals surface area contributed by atoms with E-state index in [2.05, 4.69) is 6.92 Å². The average molecular weight is 678 g/mol. The predicted molar refractivity (Wildman–Crippen MR) is 175 cm³/mol. The van der Waals surface area contributed by atoms with Crippen LogP contribution in [0.5, 0.6) is 0 Å². The Morgan fingerprint density at radius 2 is 0.744 bits per heavy atom. The number of nitrogens with two attached hydrogens (primary N) is 3. The van der Waals surface area contributed by atoms with Crippen LogP contribution in [0, 0.1) is 0 Å². The minimum Gasteiger partial charge on any atom is -0.394 e. The maximum absolute atomic E-state index is 8.06. The van der Waals surface area contributed by atoms with Gasteiger partial charge in [0.25, 0.3) is 0 Å². The maximum atomic E-state index is 8.06. The molecule has 0 saturated heterocycles. The van der Waals surface area contributed by atoms with Crippen molar-refractivity contribution in [3.63, 3.8) is 0 Å². The monoisotopic (exact) mass is 677 g/mol. The molecule has 0 rings (SSSR count). The molecule has 246 valence electrons. The second kappa shape index (κ2) is 55.1. The second-order valence-electron chi connectivity index (χ2n) is 8.34. The second-order valence-corrected chi connectivity index (χ2v) is 16.1. The van der Waals surface area contributed by atoms with Gasteiger partial charge in [-0.1, -0.05) is 18.6 Å². The smallest absolute Gasteiger partial charge is 0.394 e. The first kappa shape index (κ1) is 59.5. The topological polar surface area (TPSA) is 196 Å². The maximum Gasteiger partial charge on any atom is 0.679 e. The molecule has 10 N–H and O–H groups in total. The molecule has 0 aromatic rings. The van der Waals surface area contributed by atoms with Crippen molar-refractivity contribution >= 4 is 38.1 Å². The van der Waals surface area contributed by atoms with Crippen molar-refractivity contribution in [1.29, 1.82) is 0 Å². The van der Waals surface area contributed by atoms with Crippen molar-refractivity contribution in [3.8, 4) is 0 Å². The van der Waals surface area contributed by atoms with Crippen LogP contribution >= 0.6 is 0 Å². The summed E-state index contributed by atoms with van der Waals surface area (Å²) in [5.41, 5.74) is 1.47. The van der Waals surface area contributed by atoms with Gasteiger partial charge in [-0.2, -0.15) is 0 Å². The summed E-state index contributed by atoms with van der Waals surface area (Å²) < 4.78 is 21.7. The normalized spacial score (nSPS) is 10.2. The molecule has 0 saturated carbocycles. The van der Waals surface area contributed by atoms with Crippen molar-refractivity contribution in [2.75, 3.05) is 26.4 Å². The number of aliphatic hydroxyl groups excluding tert-OH is 4. The molecule has 0 aliphatic carbocycles. The first-order valence-electron chi connectivity index (χ1n) is 13.9. The minimum absolute atomic E-state index is 0. The molecule has 0 aromatic carbocycles. The zero-order valence-corrected chi connectivity index (χ0v) is 34.6. The number of hydrogen-bond acceptors (Lipinski definition) is 11. The van der Waals surface area contributed by atoms with Gasteiger partial charge in [-0.25, -0.2) is 0 Å². The van der Waals surface area contributed by atoms with Crippen LogP contribution in [0.25, 0.3) is 0 Å². The van der Waals surface area contributed by atoms with Crippen LogP contribution in [0.4, 0.5) is 0 Å². The zero-order chi connectivity index (χ0) is 32.0. The molecule has 0 bridgehead atoms. The van der Waals surface area contributed by atoms with Crippen molar-refractivity contribution in [1.82, 2.24) is 0 Å². The van der Waals surface area contributed by atoms with E-state index in [1.54, 1.807) is 55.4 Å². The van der Waals surface area contributed by atoms with E-state index < -0.39 is 18.9 Å². The average Bonchev–Trinajstić information content (AvgIpc) is 2.72. The van der Waals surface area contributed by atoms with Crippen molar-refractivity contribution in [3.05, 3.63) is 0 Å². The van der Waals surface area contributed by atoms with Crippen LogP contribution in [0.3, 0.4) is 0 Å². The standard InChI is InChI=1S/C8H20O4Si.C3H13NSi2.4C3H8O.H6N2Si.Ti/c1-5-9-13(10-6-2,11-7-3)12-8-4;1-2-5-3-6-4;4*1-3(2)4;1-3-2;/h5-8H2,1-4H3;2-6H2,1H3;4*3-4H,1-2H3;1-3H2;. The Hall–Kier alpha value is 1.14. The largest absolute Gasteiger partial charge is 0.679 e. The molecular formula is C23H71N3O8Si4Ti. The third-order valence-electron chi connectivity index (χ3n) is 2.09. The third-order valence-corrected chi connectivity index (χ3v) is 9.00. The number of rotatable bonds is 11. The van der Waals surface area contributed by atoms with Crippen molar-refractivity contribution in [2.45, 2.75) is 126 Å². The van der Waals surface area contributed by atoms with E-state index in [0.717, 1.165) is 0 Å². The summed E-state index contributed by atoms with van der Waals surface area (Å²) in [5.74, 6) is 0. The van der Waals surface area contributed by atoms with E-state index >= 15 is 0 Å². The van der Waals surface area contributed by atoms with E-state index in [1.807, 2.05) is 27.7 Å². The molecule has 0 radical (unpaired) electrons. The summed E-state index contributed by atoms with van der Waals surface area (Å²) in [6.45, 7) is 25.8. The van der Waals surface area contributed by atoms with E-state index in [-0.39, 0.29) is 55.8 Å². The summed E-state index contributed by atoms with van der Waals surface area (Å²) in [5, 5.41) is 47.1. The fourth-order valence-corrected chi connectivity index (χ4v) is 6.42. The van der Waals surface area contributed by atoms with Gasteiger partial charge in [-0.05, 0) is 83.1 Å². The van der Waals surface area contributed by atoms with Crippen molar-refractivity contribution < 1.29 is 59.8 Å². The van der Waals surface area contributed by atoms with Crippen LogP contribution in [0.15, 0.2) is 0 Å². The van der Waals surface area contributed by atoms with E-state index in [4.69, 9.17) is 54.3 Å². The molecule has 0 aromatic heterocycles. The predicted octanol–water partition coefficient (Wildman–Crippen LogP) is 0.0282. The Labute approximate surface area is 265 Å². The van der Waals surface area contributed by atoms with Gasteiger partial charge in [0.05, 0.1) is 9.68 Å². The van der Waals surface area contributed by atoms with E-state index in [9.17, 15) is 0 Å². The fourth-order valence-electron chi connectivity index (χ4n) is 1.35. The fraction of sp³-hybridized carbons (Fsp3) is 1.00. The molecule has 0 fully saturated rings. The number of hydrogen-bond donors (Lipinski definition) is 7. The summed E-state index contributed by atoms with van der Waals surface area (Å²) in [6, 6.07) is 1.45. The molecule has 16 heteroatoms. The molecule has 0 amide bonds. The van der Waals surface area contributed by atoms with Gasteiger partial charge in [0.1, 0.15) is 0 Å². The first-order chi connectivity index (χ1) is 17.5. The molecule has 0 heterocycles. The molecule has 0 aliphatic rings. The van der Waals surface area contributed by atoms with Crippen LogP contribution in [0.1, 0.15) is 90.0 Å². The molecule has 0 spiro atoms. The van der Waals surface area contributed by atoms with Crippen LogP contribution < -0.4 is 16.2 Å². The van der Waals surface area contributed by atoms with Crippen molar-refractivity contribution in [2.24, 2.45) is 16.2 Å². The summed E-state index contributed by atoms with van der Waals surface area (Å²) in [7, 11) is -3.06. The van der Waals surface area contributed by atoms with Gasteiger partial charge in [-0.3, -0.25) is 0 Å². The Bertz CT molecular complexity index is 294. The first-order valence-corrected chi connectivity index (χ1v) is 21.0. The summed E-state index contributed by atoms with van der Waals surface area (Å²) >= 11 is 0. The Morgan fingerprint density at radius 1 is 0.564 bits per heavy atom. The summed E-state index contributed by atoms with van der Waals surface area (Å²) in [4.78, 5) is 0. The molecule has 39 heavy (non-hydrogen) atoms. The van der Waals surface area contributed by atoms with Crippen LogP contribution in [0.2, 0.25) is 11.7 Å². The molecule has 0 unspecified atom stereocenters. The zero-order valence-electron chi connectivity index (χ0n) is 27.8. The van der Waals surface area contributed by atoms with Crippen LogP contribution in [-0.4, -0.2) is 109 Å². The minimum atomic E-state index is -2.80. The Morgan fingerprint density at radius 3 is 0.821 bits per heavy atom. The van der Waals surface area contributed by atoms with Gasteiger partial charge >= 0.3 is 9.05 Å². The van der Waals surface area contributed by atoms with Crippen LogP contribution in [-0.2, 0) is 39.4 Å². The van der Waals surface area contributed by atoms with Gasteiger partial charge in [0, 0.05) is 82.1 Å². The Balaban J connectivity index is -0.0000000523. The molecular weight excluding hydrogens is 606 g/mol. The van der Waals surface area contributed by atoms with E-state index in [1.165, 1.54) is 11.7 Å². The molecule has 11 nitrogen and oxygen atoms in total. The van der Waals surface area contributed by atoms with E-state index in [0.29, 0.717) is 35.9 Å². The quantitative estimate of drug-likeness (QED) is 0.115. The third kappa shape index (κ3) is 133. The SMILES string of the molecule is CC(C)O.CC(C)O.CC(C)O.CC(C)O.CCO[Si](OCC)(OCC)OCC.CC[SiH2]C[SiH2]N.N[SiH2]N.[Ti]. The van der Waals surface area contributed by atoms with Gasteiger partial charge in [-0.15, -0.1) is 0 Å². The van der Waals surface area contributed by atoms with Gasteiger partial charge in [0.15, 0.2) is 9.84 Å². The molecule has 0 aliphatic heterocycles.